The molecule has 0 saturated heterocycles. The van der Waals surface area contributed by atoms with E-state index in [1.165, 1.54) is 20.3 Å². The van der Waals surface area contributed by atoms with Gasteiger partial charge in [0.25, 0.3) is 0 Å². The Morgan fingerprint density at radius 3 is 2.45 bits per heavy atom. The van der Waals surface area contributed by atoms with E-state index >= 15 is 0 Å². The number of carboxylic acids is 1. The Balaban J connectivity index is 3.02. The predicted octanol–water partition coefficient (Wildman–Crippen LogP) is 0.704. The lowest BCUT2D eigenvalue weighted by molar-refractivity contribution is 0.0694. The third kappa shape index (κ3) is 4.18. The first-order valence-electron chi connectivity index (χ1n) is 6.67. The number of nitrogens with two attached hydrogens (primary N) is 2. The van der Waals surface area contributed by atoms with E-state index in [0.29, 0.717) is 31.4 Å². The van der Waals surface area contributed by atoms with E-state index in [2.05, 4.69) is 4.99 Å². The molecule has 0 fully saturated rings. The Labute approximate surface area is 128 Å². The molecule has 0 amide bonds. The lowest BCUT2D eigenvalue weighted by Gasteiger charge is -2.15. The molecule has 22 heavy (non-hydrogen) atoms. The van der Waals surface area contributed by atoms with Crippen molar-refractivity contribution in [3.8, 4) is 17.2 Å². The number of methoxy groups -OCH3 is 2. The summed E-state index contributed by atoms with van der Waals surface area (Å²) in [5.41, 5.74) is 10.9. The highest BCUT2D eigenvalue weighted by Crippen LogP contribution is 2.41. The molecule has 0 radical (unpaired) electrons. The number of benzene rings is 1. The Morgan fingerprint density at radius 2 is 1.95 bits per heavy atom. The fourth-order valence-corrected chi connectivity index (χ4v) is 2.10. The second-order valence-electron chi connectivity index (χ2n) is 4.56. The van der Waals surface area contributed by atoms with E-state index in [-0.39, 0.29) is 28.8 Å². The monoisotopic (exact) mass is 311 g/mol. The first-order valence-corrected chi connectivity index (χ1v) is 6.67. The van der Waals surface area contributed by atoms with Crippen LogP contribution in [0.1, 0.15) is 28.8 Å². The molecule has 0 aliphatic rings. The van der Waals surface area contributed by atoms with Crippen LogP contribution in [0.5, 0.6) is 17.2 Å². The highest BCUT2D eigenvalue weighted by molar-refractivity contribution is 5.92. The number of aromatic carboxylic acids is 1. The number of unbranched alkanes of at least 4 members (excludes halogenated alkanes) is 1. The van der Waals surface area contributed by atoms with Crippen molar-refractivity contribution in [1.82, 2.24) is 0 Å². The number of phenols is 1. The summed E-state index contributed by atoms with van der Waals surface area (Å²) in [6, 6.07) is 1.28. The minimum Gasteiger partial charge on any atom is -0.502 e. The van der Waals surface area contributed by atoms with Crippen molar-refractivity contribution in [3.63, 3.8) is 0 Å². The molecule has 0 aromatic heterocycles. The largest absolute Gasteiger partial charge is 0.502 e. The minimum atomic E-state index is -1.11. The van der Waals surface area contributed by atoms with Crippen LogP contribution in [0.25, 0.3) is 0 Å². The van der Waals surface area contributed by atoms with Crippen molar-refractivity contribution in [2.75, 3.05) is 20.8 Å². The van der Waals surface area contributed by atoms with Gasteiger partial charge >= 0.3 is 5.97 Å². The highest BCUT2D eigenvalue weighted by atomic mass is 16.5. The van der Waals surface area contributed by atoms with E-state index in [1.807, 2.05) is 0 Å². The molecule has 1 aromatic carbocycles. The van der Waals surface area contributed by atoms with Crippen LogP contribution in [0.3, 0.4) is 0 Å². The van der Waals surface area contributed by atoms with Gasteiger partial charge in [0.05, 0.1) is 19.8 Å². The molecular formula is C14H21N3O5. The summed E-state index contributed by atoms with van der Waals surface area (Å²) in [6.07, 6.45) is 1.72. The van der Waals surface area contributed by atoms with Gasteiger partial charge in [-0.25, -0.2) is 4.79 Å². The summed E-state index contributed by atoms with van der Waals surface area (Å²) in [5, 5.41) is 19.4. The van der Waals surface area contributed by atoms with Gasteiger partial charge in [-0.15, -0.1) is 0 Å². The van der Waals surface area contributed by atoms with Crippen LogP contribution in [0.15, 0.2) is 11.1 Å². The number of aliphatic imine (C=N–C) groups is 1. The Morgan fingerprint density at radius 1 is 1.27 bits per heavy atom. The molecule has 0 saturated carbocycles. The summed E-state index contributed by atoms with van der Waals surface area (Å²) in [6.45, 7) is 0.454. The number of nitrogens with zero attached hydrogens (tertiary/aromatic N) is 1. The Bertz CT molecular complexity index is 568. The Hall–Kier alpha value is -2.64. The minimum absolute atomic E-state index is 0.0193. The molecule has 6 N–H and O–H groups in total. The molecular weight excluding hydrogens is 290 g/mol. The molecule has 0 atom stereocenters. The zero-order valence-electron chi connectivity index (χ0n) is 12.6. The quantitative estimate of drug-likeness (QED) is 0.314. The third-order valence-electron chi connectivity index (χ3n) is 3.11. The first kappa shape index (κ1) is 17.4. The zero-order chi connectivity index (χ0) is 16.7. The average Bonchev–Trinajstić information content (AvgIpc) is 2.46. The standard InChI is InChI=1S/C14H21N3O5/c1-21-10-7-9(13(19)20)8(12(22-2)11(10)18)5-3-4-6-17-14(15)16/h7,18H,3-6H2,1-2H3,(H,19,20)(H4,15,16,17). The SMILES string of the molecule is COc1cc(C(=O)O)c(CCCCN=C(N)N)c(OC)c1O. The van der Waals surface area contributed by atoms with Gasteiger partial charge in [-0.1, -0.05) is 0 Å². The number of hydrogen-bond acceptors (Lipinski definition) is 5. The van der Waals surface area contributed by atoms with Crippen LogP contribution in [0.2, 0.25) is 0 Å². The molecule has 0 bridgehead atoms. The van der Waals surface area contributed by atoms with E-state index in [9.17, 15) is 15.0 Å². The van der Waals surface area contributed by atoms with E-state index < -0.39 is 5.97 Å². The lowest BCUT2D eigenvalue weighted by atomic mass is 9.99. The van der Waals surface area contributed by atoms with Gasteiger partial charge in [0.1, 0.15) is 0 Å². The van der Waals surface area contributed by atoms with E-state index in [4.69, 9.17) is 20.9 Å². The van der Waals surface area contributed by atoms with Crippen molar-refractivity contribution in [1.29, 1.82) is 0 Å². The van der Waals surface area contributed by atoms with Gasteiger partial charge in [0.2, 0.25) is 5.75 Å². The van der Waals surface area contributed by atoms with Crippen LogP contribution >= 0.6 is 0 Å². The molecule has 8 nitrogen and oxygen atoms in total. The topological polar surface area (TPSA) is 140 Å². The van der Waals surface area contributed by atoms with Crippen molar-refractivity contribution >= 4 is 11.9 Å². The third-order valence-corrected chi connectivity index (χ3v) is 3.11. The molecule has 122 valence electrons. The molecule has 0 heterocycles. The second-order valence-corrected chi connectivity index (χ2v) is 4.56. The highest BCUT2D eigenvalue weighted by Gasteiger charge is 2.22. The molecule has 0 unspecified atom stereocenters. The number of carboxylic acid groups (broad SMARTS) is 1. The predicted molar refractivity (Wildman–Crippen MR) is 81.8 cm³/mol. The van der Waals surface area contributed by atoms with Gasteiger partial charge in [0, 0.05) is 12.1 Å². The molecule has 1 aromatic rings. The maximum absolute atomic E-state index is 11.4. The normalized spacial score (nSPS) is 10.1. The summed E-state index contributed by atoms with van der Waals surface area (Å²) in [4.78, 5) is 15.3. The van der Waals surface area contributed by atoms with Gasteiger partial charge in [-0.3, -0.25) is 4.99 Å². The van der Waals surface area contributed by atoms with E-state index in [1.54, 1.807) is 0 Å². The maximum atomic E-state index is 11.4. The number of guanidine groups is 1. The number of hydrogen-bond donors (Lipinski definition) is 4. The summed E-state index contributed by atoms with van der Waals surface area (Å²) < 4.78 is 10.1. The zero-order valence-corrected chi connectivity index (χ0v) is 12.6. The van der Waals surface area contributed by atoms with Crippen molar-refractivity contribution in [2.45, 2.75) is 19.3 Å². The fourth-order valence-electron chi connectivity index (χ4n) is 2.10. The summed E-state index contributed by atoms with van der Waals surface area (Å²) in [5.74, 6) is -1.15. The molecule has 0 aliphatic carbocycles. The maximum Gasteiger partial charge on any atom is 0.336 e. The van der Waals surface area contributed by atoms with Gasteiger partial charge in [-0.05, 0) is 25.3 Å². The van der Waals surface area contributed by atoms with Crippen LogP contribution in [0.4, 0.5) is 0 Å². The average molecular weight is 311 g/mol. The van der Waals surface area contributed by atoms with Crippen molar-refractivity contribution in [3.05, 3.63) is 17.2 Å². The van der Waals surface area contributed by atoms with Crippen LogP contribution < -0.4 is 20.9 Å². The lowest BCUT2D eigenvalue weighted by Crippen LogP contribution is -2.22. The van der Waals surface area contributed by atoms with Gasteiger partial charge in [-0.2, -0.15) is 0 Å². The number of phenolic OH excluding ortho intramolecular Hbond substituents is 1. The van der Waals surface area contributed by atoms with E-state index in [0.717, 1.165) is 0 Å². The summed E-state index contributed by atoms with van der Waals surface area (Å²) in [7, 11) is 2.71. The molecule has 8 heteroatoms. The summed E-state index contributed by atoms with van der Waals surface area (Å²) >= 11 is 0. The molecule has 1 rings (SSSR count). The molecule has 0 spiro atoms. The van der Waals surface area contributed by atoms with Crippen molar-refractivity contribution in [2.24, 2.45) is 16.5 Å². The number of aromatic hydroxyl groups is 1. The van der Waals surface area contributed by atoms with Crippen LogP contribution in [0, 0.1) is 0 Å². The van der Waals surface area contributed by atoms with Crippen molar-refractivity contribution < 1.29 is 24.5 Å². The van der Waals surface area contributed by atoms with Gasteiger partial charge in [0.15, 0.2) is 17.5 Å². The fraction of sp³-hybridized carbons (Fsp3) is 0.429. The number of carbonyl (C=O) groups is 1. The van der Waals surface area contributed by atoms with Crippen LogP contribution in [-0.2, 0) is 6.42 Å². The number of ether oxygens (including phenoxy) is 2. The second kappa shape index (κ2) is 7.96. The van der Waals surface area contributed by atoms with Gasteiger partial charge < -0.3 is 31.2 Å². The number of rotatable bonds is 8. The van der Waals surface area contributed by atoms with Crippen LogP contribution in [-0.4, -0.2) is 42.9 Å². The first-order chi connectivity index (χ1) is 10.4. The molecule has 0 aliphatic heterocycles. The smallest absolute Gasteiger partial charge is 0.336 e. The Kier molecular flexibility index (Phi) is 6.30.